The second-order valence-electron chi connectivity index (χ2n) is 4.07. The van der Waals surface area contributed by atoms with Gasteiger partial charge in [-0.05, 0) is 31.3 Å². The number of hydrogen-bond acceptors (Lipinski definition) is 3. The van der Waals surface area contributed by atoms with E-state index in [0.717, 1.165) is 23.5 Å². The number of nitrogens with one attached hydrogen (secondary N) is 1. The predicted octanol–water partition coefficient (Wildman–Crippen LogP) is 2.71. The number of pyridine rings is 1. The first kappa shape index (κ1) is 12.5. The molecule has 0 radical (unpaired) electrons. The van der Waals surface area contributed by atoms with Crippen LogP contribution in [0.25, 0.3) is 0 Å². The molecule has 1 aromatic carbocycles. The summed E-state index contributed by atoms with van der Waals surface area (Å²) >= 11 is 0. The zero-order chi connectivity index (χ0) is 13.0. The van der Waals surface area contributed by atoms with Gasteiger partial charge in [0, 0.05) is 42.9 Å². The van der Waals surface area contributed by atoms with Crippen LogP contribution in [0.15, 0.2) is 42.7 Å². The largest absolute Gasteiger partial charge is 0.344 e. The van der Waals surface area contributed by atoms with Crippen LogP contribution in [0.3, 0.4) is 0 Å². The van der Waals surface area contributed by atoms with Crippen molar-refractivity contribution < 1.29 is 4.39 Å². The third-order valence-corrected chi connectivity index (χ3v) is 2.80. The van der Waals surface area contributed by atoms with Crippen molar-refractivity contribution in [1.82, 2.24) is 10.3 Å². The number of aromatic nitrogens is 1. The monoisotopic (exact) mass is 245 g/mol. The fourth-order valence-corrected chi connectivity index (χ4v) is 1.90. The summed E-state index contributed by atoms with van der Waals surface area (Å²) in [6.07, 6.45) is 3.56. The molecule has 0 bridgehead atoms. The van der Waals surface area contributed by atoms with E-state index in [0.29, 0.717) is 0 Å². The molecule has 1 heterocycles. The molecule has 0 saturated carbocycles. The maximum atomic E-state index is 13.2. The van der Waals surface area contributed by atoms with Crippen LogP contribution >= 0.6 is 0 Å². The second-order valence-corrected chi connectivity index (χ2v) is 4.07. The lowest BCUT2D eigenvalue weighted by atomic mass is 10.2. The van der Waals surface area contributed by atoms with E-state index in [1.54, 1.807) is 12.3 Å². The standard InChI is InChI=1S/C14H16FN3/c1-16-9-11-10-17-7-6-14(11)18(2)13-5-3-4-12(15)8-13/h3-8,10,16H,9H2,1-2H3. The summed E-state index contributed by atoms with van der Waals surface area (Å²) in [5.41, 5.74) is 2.91. The maximum Gasteiger partial charge on any atom is 0.125 e. The van der Waals surface area contributed by atoms with E-state index in [-0.39, 0.29) is 5.82 Å². The van der Waals surface area contributed by atoms with Crippen LogP contribution in [-0.4, -0.2) is 19.1 Å². The summed E-state index contributed by atoms with van der Waals surface area (Å²) in [4.78, 5) is 6.07. The van der Waals surface area contributed by atoms with Crippen molar-refractivity contribution in [2.75, 3.05) is 19.0 Å². The number of rotatable bonds is 4. The minimum atomic E-state index is -0.233. The van der Waals surface area contributed by atoms with Crippen LogP contribution < -0.4 is 10.2 Å². The minimum Gasteiger partial charge on any atom is -0.344 e. The third kappa shape index (κ3) is 2.65. The zero-order valence-electron chi connectivity index (χ0n) is 10.5. The van der Waals surface area contributed by atoms with E-state index in [4.69, 9.17) is 0 Å². The summed E-state index contributed by atoms with van der Waals surface area (Å²) in [5.74, 6) is -0.233. The van der Waals surface area contributed by atoms with Gasteiger partial charge in [-0.1, -0.05) is 6.07 Å². The van der Waals surface area contributed by atoms with Crippen molar-refractivity contribution in [3.63, 3.8) is 0 Å². The molecular weight excluding hydrogens is 229 g/mol. The first-order valence-electron chi connectivity index (χ1n) is 5.79. The smallest absolute Gasteiger partial charge is 0.125 e. The molecule has 0 amide bonds. The van der Waals surface area contributed by atoms with Gasteiger partial charge in [0.2, 0.25) is 0 Å². The van der Waals surface area contributed by atoms with Gasteiger partial charge in [-0.15, -0.1) is 0 Å². The van der Waals surface area contributed by atoms with E-state index in [1.807, 2.05) is 37.3 Å². The van der Waals surface area contributed by atoms with Crippen molar-refractivity contribution in [1.29, 1.82) is 0 Å². The molecule has 2 aromatic rings. The summed E-state index contributed by atoms with van der Waals surface area (Å²) < 4.78 is 13.2. The lowest BCUT2D eigenvalue weighted by Gasteiger charge is -2.22. The first-order valence-corrected chi connectivity index (χ1v) is 5.79. The molecule has 18 heavy (non-hydrogen) atoms. The SMILES string of the molecule is CNCc1cnccc1N(C)c1cccc(F)c1. The summed E-state index contributed by atoms with van der Waals surface area (Å²) in [6, 6.07) is 8.48. The number of hydrogen-bond donors (Lipinski definition) is 1. The molecular formula is C14H16FN3. The van der Waals surface area contributed by atoms with Crippen LogP contribution in [0.4, 0.5) is 15.8 Å². The highest BCUT2D eigenvalue weighted by molar-refractivity contribution is 5.65. The Hall–Kier alpha value is -1.94. The Bertz CT molecular complexity index is 528. The van der Waals surface area contributed by atoms with Crippen molar-refractivity contribution >= 4 is 11.4 Å². The van der Waals surface area contributed by atoms with Gasteiger partial charge < -0.3 is 10.2 Å². The molecule has 0 fully saturated rings. The fourth-order valence-electron chi connectivity index (χ4n) is 1.90. The third-order valence-electron chi connectivity index (χ3n) is 2.80. The lowest BCUT2D eigenvalue weighted by molar-refractivity contribution is 0.628. The molecule has 4 heteroatoms. The van der Waals surface area contributed by atoms with Gasteiger partial charge in [-0.3, -0.25) is 4.98 Å². The van der Waals surface area contributed by atoms with E-state index < -0.39 is 0 Å². The zero-order valence-corrected chi connectivity index (χ0v) is 10.5. The predicted molar refractivity (Wildman–Crippen MR) is 71.5 cm³/mol. The van der Waals surface area contributed by atoms with Crippen LogP contribution in [0.1, 0.15) is 5.56 Å². The van der Waals surface area contributed by atoms with Gasteiger partial charge in [-0.25, -0.2) is 4.39 Å². The number of benzene rings is 1. The van der Waals surface area contributed by atoms with Crippen molar-refractivity contribution in [2.24, 2.45) is 0 Å². The second kappa shape index (κ2) is 5.60. The topological polar surface area (TPSA) is 28.2 Å². The normalized spacial score (nSPS) is 10.4. The highest BCUT2D eigenvalue weighted by Gasteiger charge is 2.09. The van der Waals surface area contributed by atoms with Crippen LogP contribution in [0.2, 0.25) is 0 Å². The molecule has 0 aliphatic carbocycles. The van der Waals surface area contributed by atoms with E-state index in [1.165, 1.54) is 12.1 Å². The quantitative estimate of drug-likeness (QED) is 0.897. The molecule has 94 valence electrons. The number of halogens is 1. The Morgan fingerprint density at radius 3 is 2.89 bits per heavy atom. The van der Waals surface area contributed by atoms with Crippen LogP contribution in [-0.2, 0) is 6.54 Å². The maximum absolute atomic E-state index is 13.2. The number of nitrogens with zero attached hydrogens (tertiary/aromatic N) is 2. The Morgan fingerprint density at radius 1 is 1.33 bits per heavy atom. The number of anilines is 2. The molecule has 0 unspecified atom stereocenters. The Labute approximate surface area is 106 Å². The van der Waals surface area contributed by atoms with Gasteiger partial charge in [0.25, 0.3) is 0 Å². The molecule has 0 aliphatic rings. The molecule has 0 atom stereocenters. The molecule has 0 aliphatic heterocycles. The van der Waals surface area contributed by atoms with Gasteiger partial charge in [0.1, 0.15) is 5.82 Å². The molecule has 1 N–H and O–H groups in total. The molecule has 1 aromatic heterocycles. The van der Waals surface area contributed by atoms with Crippen molar-refractivity contribution in [2.45, 2.75) is 6.54 Å². The highest BCUT2D eigenvalue weighted by Crippen LogP contribution is 2.26. The summed E-state index contributed by atoms with van der Waals surface area (Å²) in [6.45, 7) is 0.725. The molecule has 0 spiro atoms. The van der Waals surface area contributed by atoms with Crippen molar-refractivity contribution in [3.05, 3.63) is 54.1 Å². The van der Waals surface area contributed by atoms with Gasteiger partial charge in [0.05, 0.1) is 0 Å². The molecule has 0 saturated heterocycles. The van der Waals surface area contributed by atoms with Gasteiger partial charge >= 0.3 is 0 Å². The van der Waals surface area contributed by atoms with E-state index in [9.17, 15) is 4.39 Å². The average molecular weight is 245 g/mol. The molecule has 3 nitrogen and oxygen atoms in total. The average Bonchev–Trinajstić information content (AvgIpc) is 2.39. The Kier molecular flexibility index (Phi) is 3.89. The Balaban J connectivity index is 2.36. The lowest BCUT2D eigenvalue weighted by Crippen LogP contribution is -2.15. The van der Waals surface area contributed by atoms with Crippen LogP contribution in [0.5, 0.6) is 0 Å². The summed E-state index contributed by atoms with van der Waals surface area (Å²) in [7, 11) is 3.81. The van der Waals surface area contributed by atoms with Gasteiger partial charge in [0.15, 0.2) is 0 Å². The summed E-state index contributed by atoms with van der Waals surface area (Å²) in [5, 5.41) is 3.10. The van der Waals surface area contributed by atoms with Gasteiger partial charge in [-0.2, -0.15) is 0 Å². The molecule has 2 rings (SSSR count). The minimum absolute atomic E-state index is 0.233. The fraction of sp³-hybridized carbons (Fsp3) is 0.214. The van der Waals surface area contributed by atoms with Crippen molar-refractivity contribution in [3.8, 4) is 0 Å². The van der Waals surface area contributed by atoms with E-state index in [2.05, 4.69) is 10.3 Å². The first-order chi connectivity index (χ1) is 8.72. The highest BCUT2D eigenvalue weighted by atomic mass is 19.1. The van der Waals surface area contributed by atoms with Crippen LogP contribution in [0, 0.1) is 5.82 Å². The Morgan fingerprint density at radius 2 is 2.17 bits per heavy atom. The van der Waals surface area contributed by atoms with E-state index >= 15 is 0 Å².